The molecule has 0 aliphatic carbocycles. The zero-order valence-corrected chi connectivity index (χ0v) is 10.2. The van der Waals surface area contributed by atoms with Crippen molar-refractivity contribution < 1.29 is 14.6 Å². The second-order valence-corrected chi connectivity index (χ2v) is 4.12. The molecule has 0 radical (unpaired) electrons. The fourth-order valence-electron chi connectivity index (χ4n) is 1.42. The fourth-order valence-corrected chi connectivity index (χ4v) is 1.54. The third-order valence-corrected chi connectivity index (χ3v) is 2.57. The van der Waals surface area contributed by atoms with Gasteiger partial charge in [0.2, 0.25) is 0 Å². The third-order valence-electron chi connectivity index (χ3n) is 2.35. The van der Waals surface area contributed by atoms with E-state index in [1.54, 1.807) is 35.4 Å². The number of carboxylic acids is 1. The minimum absolute atomic E-state index is 0.0518. The number of hydrogen-bond acceptors (Lipinski definition) is 3. The molecule has 0 unspecified atom stereocenters. The van der Waals surface area contributed by atoms with Crippen LogP contribution in [0.5, 0.6) is 0 Å². The van der Waals surface area contributed by atoms with Gasteiger partial charge < -0.3 is 5.11 Å². The summed E-state index contributed by atoms with van der Waals surface area (Å²) < 4.78 is 1.58. The van der Waals surface area contributed by atoms with E-state index in [-0.39, 0.29) is 6.42 Å². The Labute approximate surface area is 109 Å². The normalized spacial score (nSPS) is 10.3. The maximum atomic E-state index is 10.4. The predicted molar refractivity (Wildman–Crippen MR) is 64.9 cm³/mol. The molecule has 5 nitrogen and oxygen atoms in total. The van der Waals surface area contributed by atoms with Crippen molar-refractivity contribution in [3.63, 3.8) is 0 Å². The molecule has 0 fully saturated rings. The highest BCUT2D eigenvalue weighted by Gasteiger charge is 2.07. The molecule has 6 heteroatoms. The maximum absolute atomic E-state index is 10.4. The summed E-state index contributed by atoms with van der Waals surface area (Å²) in [5, 5.41) is 13.3. The number of hydrogen-bond donors (Lipinski definition) is 1. The zero-order valence-electron chi connectivity index (χ0n) is 9.45. The van der Waals surface area contributed by atoms with E-state index in [1.807, 2.05) is 6.07 Å². The van der Waals surface area contributed by atoms with Crippen molar-refractivity contribution in [3.05, 3.63) is 41.8 Å². The summed E-state index contributed by atoms with van der Waals surface area (Å²) in [6.07, 6.45) is 5.01. The van der Waals surface area contributed by atoms with Gasteiger partial charge in [0.25, 0.3) is 0 Å². The Bertz CT molecular complexity index is 540. The van der Waals surface area contributed by atoms with Crippen LogP contribution in [0.15, 0.2) is 36.8 Å². The Morgan fingerprint density at radius 2 is 2.17 bits per heavy atom. The molecule has 18 heavy (non-hydrogen) atoms. The Morgan fingerprint density at radius 3 is 2.72 bits per heavy atom. The van der Waals surface area contributed by atoms with Crippen molar-refractivity contribution in [1.82, 2.24) is 10.1 Å². The first-order chi connectivity index (χ1) is 8.65. The van der Waals surface area contributed by atoms with Crippen molar-refractivity contribution in [1.29, 1.82) is 0 Å². The van der Waals surface area contributed by atoms with Gasteiger partial charge >= 0.3 is 5.97 Å². The topological polar surface area (TPSA) is 67.0 Å². The number of aliphatic carboxylic acids is 1. The van der Waals surface area contributed by atoms with Crippen LogP contribution in [0.3, 0.4) is 0 Å². The number of carboxylic acid groups (broad SMARTS) is 1. The second kappa shape index (κ2) is 5.55. The number of pyridine rings is 1. The molecular formula is C12H11ClN3O2+. The minimum atomic E-state index is -0.840. The highest BCUT2D eigenvalue weighted by molar-refractivity contribution is 6.30. The quantitative estimate of drug-likeness (QED) is 0.851. The molecule has 0 atom stereocenters. The lowest BCUT2D eigenvalue weighted by Gasteiger charge is -1.98. The molecule has 2 aromatic rings. The number of nitrogens with zero attached hydrogens (tertiary/aromatic N) is 3. The predicted octanol–water partition coefficient (Wildman–Crippen LogP) is 1.56. The Hall–Kier alpha value is -2.01. The first-order valence-corrected chi connectivity index (χ1v) is 5.72. The van der Waals surface area contributed by atoms with Gasteiger partial charge in [-0.1, -0.05) is 16.3 Å². The summed E-state index contributed by atoms with van der Waals surface area (Å²) in [6.45, 7) is 0.351. The lowest BCUT2D eigenvalue weighted by atomic mass is 10.2. The minimum Gasteiger partial charge on any atom is -0.481 e. The molecule has 0 bridgehead atoms. The molecule has 0 spiro atoms. The van der Waals surface area contributed by atoms with Crippen LogP contribution in [-0.4, -0.2) is 21.2 Å². The van der Waals surface area contributed by atoms with Crippen LogP contribution in [0.2, 0.25) is 5.02 Å². The number of aryl methyl sites for hydroxylation is 1. The zero-order chi connectivity index (χ0) is 13.0. The number of rotatable bonds is 4. The molecule has 2 aromatic heterocycles. The molecular weight excluding hydrogens is 254 g/mol. The molecule has 2 heterocycles. The van der Waals surface area contributed by atoms with Crippen LogP contribution in [0.25, 0.3) is 11.3 Å². The van der Waals surface area contributed by atoms with Crippen molar-refractivity contribution in [3.8, 4) is 11.3 Å². The van der Waals surface area contributed by atoms with E-state index < -0.39 is 5.97 Å². The van der Waals surface area contributed by atoms with Crippen molar-refractivity contribution in [2.24, 2.45) is 0 Å². The second-order valence-electron chi connectivity index (χ2n) is 3.68. The van der Waals surface area contributed by atoms with E-state index in [0.717, 1.165) is 11.3 Å². The fraction of sp³-hybridized carbons (Fsp3) is 0.167. The van der Waals surface area contributed by atoms with E-state index >= 15 is 0 Å². The SMILES string of the molecule is O=C(O)CC[n+]1ccc(-c2ccc(Cl)cn2)cn1. The van der Waals surface area contributed by atoms with Gasteiger partial charge in [-0.25, -0.2) is 0 Å². The van der Waals surface area contributed by atoms with Gasteiger partial charge in [-0.05, 0) is 17.2 Å². The van der Waals surface area contributed by atoms with Gasteiger partial charge in [0, 0.05) is 17.8 Å². The van der Waals surface area contributed by atoms with Crippen LogP contribution in [0.4, 0.5) is 0 Å². The summed E-state index contributed by atoms with van der Waals surface area (Å²) >= 11 is 5.76. The van der Waals surface area contributed by atoms with Crippen LogP contribution in [-0.2, 0) is 11.3 Å². The summed E-state index contributed by atoms with van der Waals surface area (Å²) in [7, 11) is 0. The Morgan fingerprint density at radius 1 is 1.33 bits per heavy atom. The average Bonchev–Trinajstić information content (AvgIpc) is 2.38. The third kappa shape index (κ3) is 3.24. The molecule has 0 aliphatic heterocycles. The van der Waals surface area contributed by atoms with Gasteiger partial charge in [0.15, 0.2) is 12.7 Å². The van der Waals surface area contributed by atoms with Gasteiger partial charge in [-0.2, -0.15) is 0 Å². The summed E-state index contributed by atoms with van der Waals surface area (Å²) in [5.74, 6) is -0.840. The van der Waals surface area contributed by atoms with E-state index in [1.165, 1.54) is 0 Å². The van der Waals surface area contributed by atoms with Crippen molar-refractivity contribution in [2.45, 2.75) is 13.0 Å². The monoisotopic (exact) mass is 264 g/mol. The molecule has 2 rings (SSSR count). The number of aromatic nitrogens is 3. The smallest absolute Gasteiger partial charge is 0.309 e. The van der Waals surface area contributed by atoms with Gasteiger partial charge in [0.1, 0.15) is 12.6 Å². The molecule has 0 aromatic carbocycles. The van der Waals surface area contributed by atoms with Gasteiger partial charge in [-0.15, -0.1) is 0 Å². The van der Waals surface area contributed by atoms with Crippen LogP contribution in [0, 0.1) is 0 Å². The first kappa shape index (κ1) is 12.4. The van der Waals surface area contributed by atoms with Crippen LogP contribution < -0.4 is 4.68 Å². The van der Waals surface area contributed by atoms with Crippen LogP contribution in [0.1, 0.15) is 6.42 Å². The number of carbonyl (C=O) groups is 1. The Balaban J connectivity index is 2.12. The number of halogens is 1. The van der Waals surface area contributed by atoms with Gasteiger partial charge in [-0.3, -0.25) is 9.78 Å². The molecule has 92 valence electrons. The lowest BCUT2D eigenvalue weighted by molar-refractivity contribution is -0.752. The van der Waals surface area contributed by atoms with E-state index in [2.05, 4.69) is 10.1 Å². The van der Waals surface area contributed by atoms with Crippen LogP contribution >= 0.6 is 11.6 Å². The molecule has 1 N–H and O–H groups in total. The average molecular weight is 265 g/mol. The van der Waals surface area contributed by atoms with Crippen molar-refractivity contribution in [2.75, 3.05) is 0 Å². The standard InChI is InChI=1S/C12H10ClN3O2/c13-10-1-2-11(14-8-10)9-3-5-16(15-7-9)6-4-12(17)18/h1-3,5,7-8H,4,6H2/p+1. The van der Waals surface area contributed by atoms with E-state index in [0.29, 0.717) is 11.6 Å². The molecule has 0 saturated carbocycles. The van der Waals surface area contributed by atoms with Gasteiger partial charge in [0.05, 0.1) is 10.7 Å². The Kier molecular flexibility index (Phi) is 3.84. The lowest BCUT2D eigenvalue weighted by Crippen LogP contribution is -2.38. The summed E-state index contributed by atoms with van der Waals surface area (Å²) in [5.41, 5.74) is 1.63. The molecule has 0 saturated heterocycles. The van der Waals surface area contributed by atoms with Crippen molar-refractivity contribution >= 4 is 17.6 Å². The first-order valence-electron chi connectivity index (χ1n) is 5.34. The largest absolute Gasteiger partial charge is 0.481 e. The molecule has 0 aliphatic rings. The highest BCUT2D eigenvalue weighted by Crippen LogP contribution is 2.16. The summed E-state index contributed by atoms with van der Waals surface area (Å²) in [6, 6.07) is 5.40. The van der Waals surface area contributed by atoms with E-state index in [9.17, 15) is 4.79 Å². The maximum Gasteiger partial charge on any atom is 0.309 e. The summed E-state index contributed by atoms with van der Waals surface area (Å²) in [4.78, 5) is 14.6. The molecule has 0 amide bonds. The highest BCUT2D eigenvalue weighted by atomic mass is 35.5. The van der Waals surface area contributed by atoms with E-state index in [4.69, 9.17) is 16.7 Å².